The maximum absolute atomic E-state index is 12.7. The SMILES string of the molecule is CCCCCCCCC(CCCCCC)C(=O)OCCCCNC(=O)CNC(=O)CCCOC(=O)C(CCC)CCCCC.CCNC(N)=C(C)C. The van der Waals surface area contributed by atoms with Gasteiger partial charge in [-0.3, -0.25) is 19.2 Å². The third-order valence-electron chi connectivity index (χ3n) is 9.05. The molecule has 0 aromatic heterocycles. The molecule has 10 nitrogen and oxygen atoms in total. The van der Waals surface area contributed by atoms with E-state index in [1.165, 1.54) is 51.4 Å². The van der Waals surface area contributed by atoms with Crippen LogP contribution in [0.1, 0.15) is 190 Å². The van der Waals surface area contributed by atoms with Gasteiger partial charge in [-0.25, -0.2) is 0 Å². The van der Waals surface area contributed by atoms with Gasteiger partial charge in [0, 0.05) is 19.5 Å². The van der Waals surface area contributed by atoms with Crippen LogP contribution in [0.15, 0.2) is 11.4 Å². The van der Waals surface area contributed by atoms with E-state index in [1.54, 1.807) is 0 Å². The predicted octanol–water partition coefficient (Wildman–Crippen LogP) is 9.01. The van der Waals surface area contributed by atoms with Crippen molar-refractivity contribution < 1.29 is 28.7 Å². The summed E-state index contributed by atoms with van der Waals surface area (Å²) in [5.41, 5.74) is 6.64. The highest BCUT2D eigenvalue weighted by Crippen LogP contribution is 2.21. The molecular weight excluding hydrogens is 656 g/mol. The molecular formula is C42H82N4O6. The summed E-state index contributed by atoms with van der Waals surface area (Å²) >= 11 is 0. The van der Waals surface area contributed by atoms with Crippen molar-refractivity contribution in [1.82, 2.24) is 16.0 Å². The molecule has 0 rings (SSSR count). The molecule has 0 bridgehead atoms. The fraction of sp³-hybridized carbons (Fsp3) is 0.857. The van der Waals surface area contributed by atoms with Gasteiger partial charge in [-0.15, -0.1) is 0 Å². The number of esters is 2. The first-order chi connectivity index (χ1) is 25.1. The van der Waals surface area contributed by atoms with Gasteiger partial charge in [-0.1, -0.05) is 118 Å². The summed E-state index contributed by atoms with van der Waals surface area (Å²) in [6.45, 7) is 16.5. The lowest BCUT2D eigenvalue weighted by Crippen LogP contribution is -2.37. The van der Waals surface area contributed by atoms with Gasteiger partial charge in [0.2, 0.25) is 11.8 Å². The number of hydrogen-bond donors (Lipinski definition) is 4. The van der Waals surface area contributed by atoms with E-state index in [0.29, 0.717) is 32.4 Å². The molecule has 0 aromatic carbocycles. The van der Waals surface area contributed by atoms with E-state index in [0.717, 1.165) is 82.1 Å². The zero-order chi connectivity index (χ0) is 39.2. The lowest BCUT2D eigenvalue weighted by Gasteiger charge is -2.16. The smallest absolute Gasteiger partial charge is 0.308 e. The summed E-state index contributed by atoms with van der Waals surface area (Å²) in [5.74, 6) is 0.0404. The van der Waals surface area contributed by atoms with Gasteiger partial charge >= 0.3 is 11.9 Å². The second kappa shape index (κ2) is 38.0. The van der Waals surface area contributed by atoms with Crippen molar-refractivity contribution in [1.29, 1.82) is 0 Å². The summed E-state index contributed by atoms with van der Waals surface area (Å²) in [6, 6.07) is 0. The number of allylic oxidation sites excluding steroid dienone is 1. The Morgan fingerprint density at radius 2 is 1.00 bits per heavy atom. The van der Waals surface area contributed by atoms with Crippen molar-refractivity contribution >= 4 is 23.8 Å². The Morgan fingerprint density at radius 3 is 1.52 bits per heavy atom. The molecule has 5 N–H and O–H groups in total. The molecule has 0 aliphatic rings. The highest BCUT2D eigenvalue weighted by atomic mass is 16.5. The second-order valence-corrected chi connectivity index (χ2v) is 14.3. The van der Waals surface area contributed by atoms with Gasteiger partial charge in [-0.2, -0.15) is 0 Å². The summed E-state index contributed by atoms with van der Waals surface area (Å²) in [7, 11) is 0. The number of amides is 2. The van der Waals surface area contributed by atoms with Crippen LogP contribution >= 0.6 is 0 Å². The zero-order valence-corrected chi connectivity index (χ0v) is 34.8. The number of nitrogens with two attached hydrogens (primary N) is 1. The highest BCUT2D eigenvalue weighted by molar-refractivity contribution is 5.84. The van der Waals surface area contributed by atoms with Crippen molar-refractivity contribution in [2.45, 2.75) is 190 Å². The molecule has 2 atom stereocenters. The normalized spacial score (nSPS) is 11.8. The molecule has 0 aliphatic carbocycles. The standard InChI is InChI=1S/C36H68N2O6.C6H14N2/c1-5-9-12-14-15-18-25-32(24-17-13-10-6-2)36(42)43-28-20-19-27-37-34(40)30-38-33(39)26-21-29-44-35(41)31(22-8-4)23-16-11-7-3;1-4-8-6(7)5(2)3/h31-32H,5-30H2,1-4H3,(H,37,40)(H,38,39);8H,4,7H2,1-3H3. The molecule has 0 aromatic rings. The largest absolute Gasteiger partial charge is 0.465 e. The van der Waals surface area contributed by atoms with E-state index in [4.69, 9.17) is 15.2 Å². The monoisotopic (exact) mass is 739 g/mol. The predicted molar refractivity (Wildman–Crippen MR) is 215 cm³/mol. The third-order valence-corrected chi connectivity index (χ3v) is 9.05. The minimum atomic E-state index is -0.248. The maximum Gasteiger partial charge on any atom is 0.308 e. The molecule has 0 aliphatic heterocycles. The summed E-state index contributed by atoms with van der Waals surface area (Å²) in [6.07, 6.45) is 21.8. The third kappa shape index (κ3) is 33.1. The number of carbonyl (C=O) groups is 4. The fourth-order valence-corrected chi connectivity index (χ4v) is 5.70. The quantitative estimate of drug-likeness (QED) is 0.0385. The van der Waals surface area contributed by atoms with E-state index >= 15 is 0 Å². The lowest BCUT2D eigenvalue weighted by molar-refractivity contribution is -0.150. The molecule has 0 fully saturated rings. The van der Waals surface area contributed by atoms with E-state index in [1.807, 2.05) is 20.8 Å². The minimum absolute atomic E-state index is 0.00178. The molecule has 0 saturated carbocycles. The topological polar surface area (TPSA) is 149 Å². The van der Waals surface area contributed by atoms with Gasteiger partial charge in [0.25, 0.3) is 0 Å². The van der Waals surface area contributed by atoms with Crippen LogP contribution < -0.4 is 21.7 Å². The summed E-state index contributed by atoms with van der Waals surface area (Å²) < 4.78 is 11.0. The van der Waals surface area contributed by atoms with E-state index < -0.39 is 0 Å². The summed E-state index contributed by atoms with van der Waals surface area (Å²) in [4.78, 5) is 49.3. The second-order valence-electron chi connectivity index (χ2n) is 14.3. The van der Waals surface area contributed by atoms with Crippen LogP contribution in [-0.4, -0.2) is 56.6 Å². The van der Waals surface area contributed by atoms with Crippen LogP contribution in [0.4, 0.5) is 0 Å². The first kappa shape index (κ1) is 51.3. The molecule has 2 amide bonds. The average molecular weight is 739 g/mol. The van der Waals surface area contributed by atoms with Crippen molar-refractivity contribution in [3.63, 3.8) is 0 Å². The molecule has 52 heavy (non-hydrogen) atoms. The highest BCUT2D eigenvalue weighted by Gasteiger charge is 2.20. The summed E-state index contributed by atoms with van der Waals surface area (Å²) in [5, 5.41) is 8.43. The zero-order valence-electron chi connectivity index (χ0n) is 34.8. The molecule has 306 valence electrons. The Morgan fingerprint density at radius 1 is 0.519 bits per heavy atom. The van der Waals surface area contributed by atoms with E-state index in [2.05, 4.69) is 43.6 Å². The molecule has 0 heterocycles. The number of hydrogen-bond acceptors (Lipinski definition) is 8. The number of nitrogens with one attached hydrogen (secondary N) is 3. The number of rotatable bonds is 33. The molecule has 10 heteroatoms. The van der Waals surface area contributed by atoms with Gasteiger partial charge in [0.05, 0.1) is 37.4 Å². The number of unbranched alkanes of at least 4 members (excludes halogenated alkanes) is 11. The van der Waals surface area contributed by atoms with Crippen LogP contribution in [0.5, 0.6) is 0 Å². The fourth-order valence-electron chi connectivity index (χ4n) is 5.70. The van der Waals surface area contributed by atoms with Crippen molar-refractivity contribution in [3.05, 3.63) is 11.4 Å². The van der Waals surface area contributed by atoms with E-state index in [9.17, 15) is 19.2 Å². The Bertz CT molecular complexity index is 922. The van der Waals surface area contributed by atoms with Gasteiger partial charge < -0.3 is 31.2 Å². The van der Waals surface area contributed by atoms with Crippen LogP contribution in [0.25, 0.3) is 0 Å². The van der Waals surface area contributed by atoms with Crippen molar-refractivity contribution in [3.8, 4) is 0 Å². The Kier molecular flexibility index (Phi) is 37.5. The van der Waals surface area contributed by atoms with Gasteiger partial charge in [-0.05, 0) is 71.3 Å². The van der Waals surface area contributed by atoms with Crippen LogP contribution in [0.3, 0.4) is 0 Å². The Labute approximate surface area is 319 Å². The Balaban J connectivity index is 0. The first-order valence-electron chi connectivity index (χ1n) is 21.1. The van der Waals surface area contributed by atoms with Gasteiger partial charge in [0.1, 0.15) is 0 Å². The molecule has 0 saturated heterocycles. The van der Waals surface area contributed by atoms with Crippen LogP contribution in [0.2, 0.25) is 0 Å². The maximum atomic E-state index is 12.7. The number of ether oxygens (including phenoxy) is 2. The molecule has 2 unspecified atom stereocenters. The van der Waals surface area contributed by atoms with Crippen LogP contribution in [0, 0.1) is 11.8 Å². The van der Waals surface area contributed by atoms with Crippen molar-refractivity contribution in [2.24, 2.45) is 17.6 Å². The first-order valence-corrected chi connectivity index (χ1v) is 21.1. The van der Waals surface area contributed by atoms with Crippen LogP contribution in [-0.2, 0) is 28.7 Å². The molecule has 0 radical (unpaired) electrons. The van der Waals surface area contributed by atoms with E-state index in [-0.39, 0.29) is 55.2 Å². The minimum Gasteiger partial charge on any atom is -0.465 e. The molecule has 0 spiro atoms. The lowest BCUT2D eigenvalue weighted by atomic mass is 9.94. The Hall–Kier alpha value is -2.78. The number of carbonyl (C=O) groups excluding carboxylic acids is 4. The van der Waals surface area contributed by atoms with Gasteiger partial charge in [0.15, 0.2) is 0 Å². The average Bonchev–Trinajstić information content (AvgIpc) is 3.12. The van der Waals surface area contributed by atoms with Crippen molar-refractivity contribution in [2.75, 3.05) is 32.8 Å².